The molecule has 96 valence electrons. The van der Waals surface area contributed by atoms with Crippen LogP contribution in [-0.2, 0) is 4.79 Å². The molecule has 1 saturated heterocycles. The Labute approximate surface area is 109 Å². The van der Waals surface area contributed by atoms with Gasteiger partial charge in [0.2, 0.25) is 5.91 Å². The van der Waals surface area contributed by atoms with Crippen LogP contribution in [0, 0.1) is 5.92 Å². The minimum Gasteiger partial charge on any atom is -0.340 e. The van der Waals surface area contributed by atoms with Crippen LogP contribution < -0.4 is 5.73 Å². The second kappa shape index (κ2) is 8.20. The molecule has 0 aromatic rings. The average molecular weight is 267 g/mol. The standard InChI is InChI=1S/C11H22N2OS.ClH/c1-3-9(2)10(12)11(14)13-5-4-7-15-8-6-13;/h9-10H,3-8,12H2,1-2H3;1H. The maximum atomic E-state index is 12.0. The molecule has 1 aliphatic heterocycles. The van der Waals surface area contributed by atoms with Crippen molar-refractivity contribution in [2.75, 3.05) is 24.6 Å². The smallest absolute Gasteiger partial charge is 0.239 e. The van der Waals surface area contributed by atoms with Crippen LogP contribution in [0.5, 0.6) is 0 Å². The monoisotopic (exact) mass is 266 g/mol. The molecule has 1 heterocycles. The van der Waals surface area contributed by atoms with Gasteiger partial charge in [0.25, 0.3) is 0 Å². The van der Waals surface area contributed by atoms with Crippen molar-refractivity contribution in [2.24, 2.45) is 11.7 Å². The van der Waals surface area contributed by atoms with Gasteiger partial charge in [-0.25, -0.2) is 0 Å². The second-order valence-corrected chi connectivity index (χ2v) is 5.43. The van der Waals surface area contributed by atoms with Gasteiger partial charge in [-0.2, -0.15) is 11.8 Å². The van der Waals surface area contributed by atoms with E-state index in [-0.39, 0.29) is 30.3 Å². The number of nitrogens with zero attached hydrogens (tertiary/aromatic N) is 1. The molecule has 0 radical (unpaired) electrons. The van der Waals surface area contributed by atoms with Crippen molar-refractivity contribution >= 4 is 30.1 Å². The maximum Gasteiger partial charge on any atom is 0.239 e. The highest BCUT2D eigenvalue weighted by molar-refractivity contribution is 7.99. The van der Waals surface area contributed by atoms with Crippen molar-refractivity contribution in [3.05, 3.63) is 0 Å². The predicted molar refractivity (Wildman–Crippen MR) is 73.2 cm³/mol. The summed E-state index contributed by atoms with van der Waals surface area (Å²) in [5.74, 6) is 2.65. The topological polar surface area (TPSA) is 46.3 Å². The third kappa shape index (κ3) is 4.52. The third-order valence-corrected chi connectivity index (χ3v) is 4.12. The Morgan fingerprint density at radius 3 is 2.75 bits per heavy atom. The first kappa shape index (κ1) is 16.1. The summed E-state index contributed by atoms with van der Waals surface area (Å²) in [6, 6.07) is -0.307. The summed E-state index contributed by atoms with van der Waals surface area (Å²) in [7, 11) is 0. The fraction of sp³-hybridized carbons (Fsp3) is 0.909. The van der Waals surface area contributed by atoms with Crippen molar-refractivity contribution in [1.29, 1.82) is 0 Å². The Balaban J connectivity index is 0.00000225. The molecule has 2 atom stereocenters. The molecule has 3 nitrogen and oxygen atoms in total. The minimum absolute atomic E-state index is 0. The van der Waals surface area contributed by atoms with E-state index >= 15 is 0 Å². The normalized spacial score (nSPS) is 20.6. The molecule has 1 aliphatic rings. The van der Waals surface area contributed by atoms with Crippen LogP contribution in [0.2, 0.25) is 0 Å². The molecule has 0 aliphatic carbocycles. The first-order valence-corrected chi connectivity index (χ1v) is 6.94. The van der Waals surface area contributed by atoms with Gasteiger partial charge in [-0.1, -0.05) is 20.3 Å². The number of hydrogen-bond donors (Lipinski definition) is 1. The van der Waals surface area contributed by atoms with Crippen LogP contribution in [0.3, 0.4) is 0 Å². The molecule has 5 heteroatoms. The molecule has 0 saturated carbocycles. The highest BCUT2D eigenvalue weighted by Gasteiger charge is 2.25. The lowest BCUT2D eigenvalue weighted by atomic mass is 9.99. The van der Waals surface area contributed by atoms with Crippen molar-refractivity contribution in [3.8, 4) is 0 Å². The lowest BCUT2D eigenvalue weighted by Crippen LogP contribution is -2.47. The fourth-order valence-electron chi connectivity index (χ4n) is 1.67. The molecular weight excluding hydrogens is 244 g/mol. The van der Waals surface area contributed by atoms with Crippen LogP contribution >= 0.6 is 24.2 Å². The summed E-state index contributed by atoms with van der Waals surface area (Å²) in [6.45, 7) is 5.88. The van der Waals surface area contributed by atoms with Crippen LogP contribution in [0.1, 0.15) is 26.7 Å². The van der Waals surface area contributed by atoms with E-state index in [9.17, 15) is 4.79 Å². The molecule has 0 aromatic heterocycles. The Morgan fingerprint density at radius 2 is 2.12 bits per heavy atom. The highest BCUT2D eigenvalue weighted by Crippen LogP contribution is 2.13. The number of hydrogen-bond acceptors (Lipinski definition) is 3. The van der Waals surface area contributed by atoms with Gasteiger partial charge < -0.3 is 10.6 Å². The van der Waals surface area contributed by atoms with Crippen LogP contribution in [0.4, 0.5) is 0 Å². The van der Waals surface area contributed by atoms with Crippen molar-refractivity contribution in [3.63, 3.8) is 0 Å². The number of carbonyl (C=O) groups is 1. The predicted octanol–water partition coefficient (Wildman–Crippen LogP) is 1.75. The van der Waals surface area contributed by atoms with Gasteiger partial charge >= 0.3 is 0 Å². The van der Waals surface area contributed by atoms with Crippen LogP contribution in [0.15, 0.2) is 0 Å². The van der Waals surface area contributed by atoms with Gasteiger partial charge in [-0.15, -0.1) is 12.4 Å². The van der Waals surface area contributed by atoms with Crippen LogP contribution in [0.25, 0.3) is 0 Å². The van der Waals surface area contributed by atoms with E-state index in [1.54, 1.807) is 0 Å². The van der Waals surface area contributed by atoms with E-state index in [2.05, 4.69) is 13.8 Å². The first-order chi connectivity index (χ1) is 7.16. The first-order valence-electron chi connectivity index (χ1n) is 5.79. The Kier molecular flexibility index (Phi) is 8.24. The molecule has 0 aromatic carbocycles. The molecule has 2 unspecified atom stereocenters. The summed E-state index contributed by atoms with van der Waals surface area (Å²) in [4.78, 5) is 14.0. The number of rotatable bonds is 3. The zero-order chi connectivity index (χ0) is 11.3. The number of carbonyl (C=O) groups excluding carboxylic acids is 1. The summed E-state index contributed by atoms with van der Waals surface area (Å²) in [5, 5.41) is 0. The SMILES string of the molecule is CCC(C)C(N)C(=O)N1CCCSCC1.Cl. The Bertz CT molecular complexity index is 208. The summed E-state index contributed by atoms with van der Waals surface area (Å²) in [6.07, 6.45) is 2.07. The van der Waals surface area contributed by atoms with Gasteiger partial charge in [0, 0.05) is 18.8 Å². The van der Waals surface area contributed by atoms with Gasteiger partial charge in [0.15, 0.2) is 0 Å². The molecule has 0 spiro atoms. The van der Waals surface area contributed by atoms with E-state index in [0.29, 0.717) is 0 Å². The van der Waals surface area contributed by atoms with Crippen LogP contribution in [-0.4, -0.2) is 41.4 Å². The van der Waals surface area contributed by atoms with E-state index in [1.807, 2.05) is 16.7 Å². The van der Waals surface area contributed by atoms with E-state index < -0.39 is 0 Å². The fourth-order valence-corrected chi connectivity index (χ4v) is 2.56. The highest BCUT2D eigenvalue weighted by atomic mass is 35.5. The van der Waals surface area contributed by atoms with Crippen molar-refractivity contribution in [2.45, 2.75) is 32.7 Å². The van der Waals surface area contributed by atoms with Gasteiger partial charge in [-0.05, 0) is 18.1 Å². The number of thioether (sulfide) groups is 1. The molecular formula is C11H23ClN2OS. The van der Waals surface area contributed by atoms with Gasteiger partial charge in [-0.3, -0.25) is 4.79 Å². The molecule has 0 bridgehead atoms. The zero-order valence-electron chi connectivity index (χ0n) is 10.1. The number of nitrogens with two attached hydrogens (primary N) is 1. The summed E-state index contributed by atoms with van der Waals surface area (Å²) >= 11 is 1.93. The zero-order valence-corrected chi connectivity index (χ0v) is 11.8. The lowest BCUT2D eigenvalue weighted by Gasteiger charge is -2.26. The Hall–Kier alpha value is 0.0700. The van der Waals surface area contributed by atoms with Crippen molar-refractivity contribution < 1.29 is 4.79 Å². The summed E-state index contributed by atoms with van der Waals surface area (Å²) < 4.78 is 0. The maximum absolute atomic E-state index is 12.0. The molecule has 2 N–H and O–H groups in total. The molecule has 1 amide bonds. The lowest BCUT2D eigenvalue weighted by molar-refractivity contribution is -0.133. The second-order valence-electron chi connectivity index (χ2n) is 4.20. The summed E-state index contributed by atoms with van der Waals surface area (Å²) in [5.41, 5.74) is 5.96. The minimum atomic E-state index is -0.307. The third-order valence-electron chi connectivity index (χ3n) is 3.08. The average Bonchev–Trinajstić information content (AvgIpc) is 2.54. The van der Waals surface area contributed by atoms with E-state index in [0.717, 1.165) is 31.7 Å². The molecule has 1 rings (SSSR count). The molecule has 1 fully saturated rings. The van der Waals surface area contributed by atoms with Crippen molar-refractivity contribution in [1.82, 2.24) is 4.90 Å². The molecule has 16 heavy (non-hydrogen) atoms. The largest absolute Gasteiger partial charge is 0.340 e. The number of amides is 1. The van der Waals surface area contributed by atoms with E-state index in [4.69, 9.17) is 5.73 Å². The number of halogens is 1. The Morgan fingerprint density at radius 1 is 1.44 bits per heavy atom. The van der Waals surface area contributed by atoms with E-state index in [1.165, 1.54) is 5.75 Å². The quantitative estimate of drug-likeness (QED) is 0.847. The van der Waals surface area contributed by atoms with Gasteiger partial charge in [0.05, 0.1) is 6.04 Å². The van der Waals surface area contributed by atoms with Gasteiger partial charge in [0.1, 0.15) is 0 Å².